The van der Waals surface area contributed by atoms with Crippen LogP contribution >= 0.6 is 0 Å². The van der Waals surface area contributed by atoms with Crippen LogP contribution in [-0.4, -0.2) is 33.1 Å². The molecule has 6 heteroatoms. The number of phenols is 2. The average molecular weight is 265 g/mol. The van der Waals surface area contributed by atoms with E-state index in [2.05, 4.69) is 5.32 Å². The number of hydrogen-bond donors (Lipinski definition) is 4. The Labute approximate surface area is 109 Å². The number of Topliss-reactive ketones (excluding diaryl/α,β-unsaturated/α-hetero) is 1. The summed E-state index contributed by atoms with van der Waals surface area (Å²) in [7, 11) is 0. The fourth-order valence-corrected chi connectivity index (χ4v) is 2.29. The van der Waals surface area contributed by atoms with Crippen molar-refractivity contribution in [3.05, 3.63) is 17.7 Å². The van der Waals surface area contributed by atoms with Crippen molar-refractivity contribution in [2.24, 2.45) is 0 Å². The number of aromatic hydroxyl groups is 2. The number of hydrogen-bond acceptors (Lipinski definition) is 5. The largest absolute Gasteiger partial charge is 0.508 e. The molecule has 6 nitrogen and oxygen atoms in total. The Morgan fingerprint density at radius 1 is 1.37 bits per heavy atom. The van der Waals surface area contributed by atoms with Crippen LogP contribution < -0.4 is 5.32 Å². The Morgan fingerprint density at radius 3 is 2.79 bits per heavy atom. The van der Waals surface area contributed by atoms with Gasteiger partial charge in [0.15, 0.2) is 5.78 Å². The zero-order valence-electron chi connectivity index (χ0n) is 10.2. The third-order valence-corrected chi connectivity index (χ3v) is 3.12. The summed E-state index contributed by atoms with van der Waals surface area (Å²) in [4.78, 5) is 22.4. The third kappa shape index (κ3) is 2.96. The number of anilines is 1. The topological polar surface area (TPSA) is 107 Å². The van der Waals surface area contributed by atoms with E-state index in [0.717, 1.165) is 6.07 Å². The van der Waals surface area contributed by atoms with Crippen LogP contribution in [0, 0.1) is 0 Å². The van der Waals surface area contributed by atoms with E-state index in [1.807, 2.05) is 0 Å². The number of rotatable bonds is 4. The number of carbonyl (C=O) groups excluding carboxylic acids is 1. The standard InChI is InChI=1S/C13H15NO5/c15-8-5-9-13(11(17)6-8)10(16)4-7(14-9)2-1-3-12(18)19/h5-7,14-15,17H,1-4H2,(H,18,19). The molecule has 1 aromatic carbocycles. The molecule has 1 unspecified atom stereocenters. The normalized spacial score (nSPS) is 17.7. The molecule has 0 saturated heterocycles. The quantitative estimate of drug-likeness (QED) is 0.660. The molecule has 0 aliphatic carbocycles. The van der Waals surface area contributed by atoms with Gasteiger partial charge in [0.05, 0.1) is 11.3 Å². The molecule has 0 radical (unpaired) electrons. The van der Waals surface area contributed by atoms with E-state index in [1.165, 1.54) is 6.07 Å². The minimum Gasteiger partial charge on any atom is -0.508 e. The van der Waals surface area contributed by atoms with Gasteiger partial charge in [0, 0.05) is 31.0 Å². The van der Waals surface area contributed by atoms with Gasteiger partial charge < -0.3 is 20.6 Å². The average Bonchev–Trinajstić information content (AvgIpc) is 2.26. The van der Waals surface area contributed by atoms with E-state index in [0.29, 0.717) is 18.5 Å². The molecule has 1 aromatic rings. The van der Waals surface area contributed by atoms with Crippen LogP contribution in [0.2, 0.25) is 0 Å². The van der Waals surface area contributed by atoms with Gasteiger partial charge in [-0.05, 0) is 12.8 Å². The predicted octanol–water partition coefficient (Wildman–Crippen LogP) is 1.72. The minimum absolute atomic E-state index is 0.0600. The maximum Gasteiger partial charge on any atom is 0.303 e. The lowest BCUT2D eigenvalue weighted by molar-refractivity contribution is -0.137. The maximum absolute atomic E-state index is 11.9. The summed E-state index contributed by atoms with van der Waals surface area (Å²) < 4.78 is 0. The molecule has 19 heavy (non-hydrogen) atoms. The highest BCUT2D eigenvalue weighted by molar-refractivity contribution is 6.06. The summed E-state index contributed by atoms with van der Waals surface area (Å²) in [5, 5.41) is 30.7. The van der Waals surface area contributed by atoms with Crippen molar-refractivity contribution >= 4 is 17.4 Å². The number of phenolic OH excluding ortho intramolecular Hbond substituents is 2. The molecule has 2 rings (SSSR count). The number of carbonyl (C=O) groups is 2. The number of benzene rings is 1. The Hall–Kier alpha value is -2.24. The second-order valence-corrected chi connectivity index (χ2v) is 4.64. The summed E-state index contributed by atoms with van der Waals surface area (Å²) in [5.41, 5.74) is 0.585. The molecule has 1 heterocycles. The van der Waals surface area contributed by atoms with Gasteiger partial charge in [-0.15, -0.1) is 0 Å². The Balaban J connectivity index is 2.11. The van der Waals surface area contributed by atoms with Crippen LogP contribution in [0.3, 0.4) is 0 Å². The van der Waals surface area contributed by atoms with Crippen LogP contribution in [0.15, 0.2) is 12.1 Å². The van der Waals surface area contributed by atoms with Crippen LogP contribution in [0.4, 0.5) is 5.69 Å². The van der Waals surface area contributed by atoms with Gasteiger partial charge in [-0.25, -0.2) is 0 Å². The van der Waals surface area contributed by atoms with Crippen LogP contribution in [0.5, 0.6) is 11.5 Å². The molecule has 0 fully saturated rings. The first-order valence-corrected chi connectivity index (χ1v) is 6.05. The summed E-state index contributed by atoms with van der Waals surface area (Å²) in [5.74, 6) is -1.43. The first-order valence-electron chi connectivity index (χ1n) is 6.05. The van der Waals surface area contributed by atoms with E-state index in [-0.39, 0.29) is 41.7 Å². The molecule has 1 aliphatic rings. The lowest BCUT2D eigenvalue weighted by atomic mass is 9.93. The summed E-state index contributed by atoms with van der Waals surface area (Å²) in [6.45, 7) is 0. The molecule has 4 N–H and O–H groups in total. The number of carboxylic acid groups (broad SMARTS) is 1. The van der Waals surface area contributed by atoms with Crippen molar-refractivity contribution in [1.29, 1.82) is 0 Å². The molecule has 102 valence electrons. The predicted molar refractivity (Wildman–Crippen MR) is 67.6 cm³/mol. The summed E-state index contributed by atoms with van der Waals surface area (Å²) >= 11 is 0. The van der Waals surface area contributed by atoms with Gasteiger partial charge >= 0.3 is 5.97 Å². The Morgan fingerprint density at radius 2 is 2.11 bits per heavy atom. The molecule has 1 atom stereocenters. The lowest BCUT2D eigenvalue weighted by Crippen LogP contribution is -2.29. The van der Waals surface area contributed by atoms with E-state index in [9.17, 15) is 19.8 Å². The first kappa shape index (κ1) is 13.2. The minimum atomic E-state index is -0.863. The van der Waals surface area contributed by atoms with Crippen molar-refractivity contribution in [2.75, 3.05) is 5.32 Å². The Kier molecular flexibility index (Phi) is 3.59. The summed E-state index contributed by atoms with van der Waals surface area (Å²) in [6.07, 6.45) is 1.30. The van der Waals surface area contributed by atoms with Gasteiger partial charge in [0.25, 0.3) is 0 Å². The highest BCUT2D eigenvalue weighted by Gasteiger charge is 2.27. The monoisotopic (exact) mass is 265 g/mol. The number of aliphatic carboxylic acids is 1. The fraction of sp³-hybridized carbons (Fsp3) is 0.385. The number of fused-ring (bicyclic) bond motifs is 1. The maximum atomic E-state index is 11.9. The van der Waals surface area contributed by atoms with Crippen LogP contribution in [0.25, 0.3) is 0 Å². The smallest absolute Gasteiger partial charge is 0.303 e. The van der Waals surface area contributed by atoms with Gasteiger partial charge in [0.1, 0.15) is 11.5 Å². The van der Waals surface area contributed by atoms with Crippen molar-refractivity contribution in [2.45, 2.75) is 31.7 Å². The molecule has 1 aliphatic heterocycles. The SMILES string of the molecule is O=C(O)CCCC1CC(=O)c2c(O)cc(O)cc2N1. The third-order valence-electron chi connectivity index (χ3n) is 3.12. The Bertz CT molecular complexity index is 526. The highest BCUT2D eigenvalue weighted by Crippen LogP contribution is 2.36. The van der Waals surface area contributed by atoms with E-state index in [4.69, 9.17) is 5.11 Å². The second kappa shape index (κ2) is 5.17. The molecule has 0 aromatic heterocycles. The second-order valence-electron chi connectivity index (χ2n) is 4.64. The van der Waals surface area contributed by atoms with Crippen LogP contribution in [0.1, 0.15) is 36.0 Å². The fourth-order valence-electron chi connectivity index (χ4n) is 2.29. The van der Waals surface area contributed by atoms with E-state index in [1.54, 1.807) is 0 Å². The molecule has 0 spiro atoms. The van der Waals surface area contributed by atoms with Crippen molar-refractivity contribution in [1.82, 2.24) is 0 Å². The summed E-state index contributed by atoms with van der Waals surface area (Å²) in [6, 6.07) is 2.35. The van der Waals surface area contributed by atoms with Gasteiger partial charge in [-0.3, -0.25) is 9.59 Å². The first-order chi connectivity index (χ1) is 8.97. The van der Waals surface area contributed by atoms with Gasteiger partial charge in [0.2, 0.25) is 0 Å². The van der Waals surface area contributed by atoms with Crippen LogP contribution in [-0.2, 0) is 4.79 Å². The molecule has 0 saturated carbocycles. The van der Waals surface area contributed by atoms with Crippen molar-refractivity contribution in [3.8, 4) is 11.5 Å². The molecular weight excluding hydrogens is 250 g/mol. The van der Waals surface area contributed by atoms with Gasteiger partial charge in [-0.1, -0.05) is 0 Å². The van der Waals surface area contributed by atoms with Gasteiger partial charge in [-0.2, -0.15) is 0 Å². The number of carboxylic acids is 1. The van der Waals surface area contributed by atoms with E-state index >= 15 is 0 Å². The molecule has 0 bridgehead atoms. The van der Waals surface area contributed by atoms with Crippen molar-refractivity contribution < 1.29 is 24.9 Å². The zero-order chi connectivity index (χ0) is 14.0. The molecule has 0 amide bonds. The molecular formula is C13H15NO5. The van der Waals surface area contributed by atoms with E-state index < -0.39 is 5.97 Å². The van der Waals surface area contributed by atoms with Crippen molar-refractivity contribution in [3.63, 3.8) is 0 Å². The number of nitrogens with one attached hydrogen (secondary N) is 1. The highest BCUT2D eigenvalue weighted by atomic mass is 16.4. The number of ketones is 1. The lowest BCUT2D eigenvalue weighted by Gasteiger charge is -2.26. The zero-order valence-corrected chi connectivity index (χ0v) is 10.2.